The molecular weight excluding hydrogens is 425 g/mol. The molecule has 3 aromatic rings. The Balaban J connectivity index is 1.79. The van der Waals surface area contributed by atoms with E-state index >= 15 is 0 Å². The summed E-state index contributed by atoms with van der Waals surface area (Å²) in [4.78, 5) is 35.2. The number of nitrogens with two attached hydrogens (primary N) is 1. The summed E-state index contributed by atoms with van der Waals surface area (Å²) in [6, 6.07) is 12.1. The van der Waals surface area contributed by atoms with E-state index in [1.54, 1.807) is 48.7 Å². The predicted molar refractivity (Wildman–Crippen MR) is 120 cm³/mol. The Morgan fingerprint density at radius 2 is 1.87 bits per heavy atom. The largest absolute Gasteiger partial charge is 0.368 e. The van der Waals surface area contributed by atoms with E-state index in [0.717, 1.165) is 0 Å². The molecule has 1 unspecified atom stereocenters. The lowest BCUT2D eigenvalue weighted by Gasteiger charge is -2.25. The summed E-state index contributed by atoms with van der Waals surface area (Å²) >= 11 is 12.8. The highest BCUT2D eigenvalue weighted by atomic mass is 35.5. The highest BCUT2D eigenvalue weighted by Crippen LogP contribution is 2.28. The Morgan fingerprint density at radius 3 is 2.70 bits per heavy atom. The van der Waals surface area contributed by atoms with Crippen LogP contribution in [0.2, 0.25) is 10.0 Å². The molecule has 0 saturated carbocycles. The zero-order valence-corrected chi connectivity index (χ0v) is 16.8. The quantitative estimate of drug-likeness (QED) is 0.679. The average molecular weight is 438 g/mol. The van der Waals surface area contributed by atoms with Crippen molar-refractivity contribution < 1.29 is 0 Å². The van der Waals surface area contributed by atoms with Crippen molar-refractivity contribution in [2.45, 2.75) is 12.0 Å². The van der Waals surface area contributed by atoms with Crippen molar-refractivity contribution in [3.63, 3.8) is 0 Å². The fraction of sp³-hybridized carbons (Fsp3) is 0.100. The molecule has 0 amide bonds. The first-order chi connectivity index (χ1) is 14.5. The summed E-state index contributed by atoms with van der Waals surface area (Å²) in [6.07, 6.45) is 3.12. The number of para-hydroxylation sites is 2. The number of halogens is 2. The highest BCUT2D eigenvalue weighted by Gasteiger charge is 2.41. The number of guanidine groups is 1. The topological polar surface area (TPSA) is 110 Å². The van der Waals surface area contributed by atoms with Crippen LogP contribution in [-0.2, 0) is 6.42 Å². The van der Waals surface area contributed by atoms with Crippen molar-refractivity contribution >= 4 is 58.5 Å². The van der Waals surface area contributed by atoms with Crippen molar-refractivity contribution in [2.75, 3.05) is 0 Å². The molecule has 5 rings (SSSR count). The standard InChI is InChI=1S/C20H13Cl2N7O/c21-12-5-1-2-7-14(12)29-15(27-16-11(17(29)30)4-3-6-13(16)22)8-20-9-24-19(23)28-18(20)25-10-26-20/h1-7,9-10H,8H2,(H2,23,25,26,28). The Kier molecular flexibility index (Phi) is 4.27. The number of hydrogen-bond acceptors (Lipinski definition) is 7. The summed E-state index contributed by atoms with van der Waals surface area (Å²) < 4.78 is 1.47. The van der Waals surface area contributed by atoms with Gasteiger partial charge in [-0.15, -0.1) is 0 Å². The Morgan fingerprint density at radius 1 is 1.07 bits per heavy atom. The molecule has 0 aliphatic carbocycles. The lowest BCUT2D eigenvalue weighted by Crippen LogP contribution is -2.43. The third kappa shape index (κ3) is 2.84. The number of rotatable bonds is 3. The second kappa shape index (κ2) is 6.86. The van der Waals surface area contributed by atoms with E-state index in [1.807, 2.05) is 0 Å². The molecule has 0 spiro atoms. The minimum atomic E-state index is -1.01. The number of aliphatic imine (C=N–C) groups is 4. The number of hydrogen-bond donors (Lipinski definition) is 1. The number of aromatic nitrogens is 2. The monoisotopic (exact) mass is 437 g/mol. The van der Waals surface area contributed by atoms with Crippen molar-refractivity contribution in [1.82, 2.24) is 9.55 Å². The lowest BCUT2D eigenvalue weighted by molar-refractivity contribution is 0.687. The molecule has 30 heavy (non-hydrogen) atoms. The van der Waals surface area contributed by atoms with Crippen LogP contribution in [0.4, 0.5) is 0 Å². The summed E-state index contributed by atoms with van der Waals surface area (Å²) in [5, 5.41) is 1.16. The van der Waals surface area contributed by atoms with Gasteiger partial charge < -0.3 is 5.73 Å². The molecule has 1 atom stereocenters. The number of benzene rings is 2. The number of amidine groups is 1. The maximum Gasteiger partial charge on any atom is 0.266 e. The maximum absolute atomic E-state index is 13.5. The fourth-order valence-electron chi connectivity index (χ4n) is 3.51. The van der Waals surface area contributed by atoms with Gasteiger partial charge in [-0.1, -0.05) is 41.4 Å². The first-order valence-corrected chi connectivity index (χ1v) is 9.70. The smallest absolute Gasteiger partial charge is 0.266 e. The van der Waals surface area contributed by atoms with E-state index in [9.17, 15) is 4.79 Å². The van der Waals surface area contributed by atoms with Crippen LogP contribution >= 0.6 is 23.2 Å². The zero-order valence-electron chi connectivity index (χ0n) is 15.3. The minimum absolute atomic E-state index is 0.0906. The van der Waals surface area contributed by atoms with E-state index in [0.29, 0.717) is 38.3 Å². The van der Waals surface area contributed by atoms with Gasteiger partial charge in [-0.2, -0.15) is 4.99 Å². The average Bonchev–Trinajstić information content (AvgIpc) is 3.13. The van der Waals surface area contributed by atoms with Crippen LogP contribution in [0.15, 0.2) is 67.2 Å². The summed E-state index contributed by atoms with van der Waals surface area (Å²) in [7, 11) is 0. The third-order valence-electron chi connectivity index (χ3n) is 4.93. The van der Waals surface area contributed by atoms with Gasteiger partial charge >= 0.3 is 0 Å². The van der Waals surface area contributed by atoms with Crippen LogP contribution in [0.1, 0.15) is 5.82 Å². The minimum Gasteiger partial charge on any atom is -0.368 e. The van der Waals surface area contributed by atoms with Gasteiger partial charge in [0, 0.05) is 12.6 Å². The number of nitrogens with zero attached hydrogens (tertiary/aromatic N) is 6. The van der Waals surface area contributed by atoms with Crippen LogP contribution in [0.5, 0.6) is 0 Å². The highest BCUT2D eigenvalue weighted by molar-refractivity contribution is 6.35. The van der Waals surface area contributed by atoms with E-state index in [-0.39, 0.29) is 17.9 Å². The molecule has 0 saturated heterocycles. The van der Waals surface area contributed by atoms with Crippen molar-refractivity contribution in [3.8, 4) is 5.69 Å². The Hall–Kier alpha value is -3.36. The van der Waals surface area contributed by atoms with Gasteiger partial charge in [-0.25, -0.2) is 15.0 Å². The second-order valence-electron chi connectivity index (χ2n) is 6.78. The molecule has 2 aliphatic rings. The summed E-state index contributed by atoms with van der Waals surface area (Å²) in [5.74, 6) is 0.865. The first kappa shape index (κ1) is 18.7. The van der Waals surface area contributed by atoms with Gasteiger partial charge in [0.2, 0.25) is 5.96 Å². The van der Waals surface area contributed by atoms with Crippen molar-refractivity contribution in [3.05, 3.63) is 68.7 Å². The molecule has 2 aliphatic heterocycles. The van der Waals surface area contributed by atoms with Crippen LogP contribution in [0.25, 0.3) is 16.6 Å². The first-order valence-electron chi connectivity index (χ1n) is 8.95. The van der Waals surface area contributed by atoms with Crippen molar-refractivity contribution in [1.29, 1.82) is 0 Å². The summed E-state index contributed by atoms with van der Waals surface area (Å²) in [6.45, 7) is 0. The molecular formula is C20H13Cl2N7O. The molecule has 148 valence electrons. The van der Waals surface area contributed by atoms with Crippen LogP contribution in [-0.4, -0.2) is 39.4 Å². The second-order valence-corrected chi connectivity index (χ2v) is 7.60. The normalized spacial score (nSPS) is 19.7. The van der Waals surface area contributed by atoms with Gasteiger partial charge in [-0.05, 0) is 24.3 Å². The molecule has 10 heteroatoms. The zero-order chi connectivity index (χ0) is 20.9. The SMILES string of the molecule is NC1=NC2=NC=NC2(Cc2nc3c(Cl)cccc3c(=O)n2-c2ccccc2Cl)C=N1. The van der Waals surface area contributed by atoms with E-state index in [4.69, 9.17) is 33.9 Å². The lowest BCUT2D eigenvalue weighted by atomic mass is 9.94. The molecule has 8 nitrogen and oxygen atoms in total. The fourth-order valence-corrected chi connectivity index (χ4v) is 3.95. The Bertz CT molecular complexity index is 1390. The van der Waals surface area contributed by atoms with E-state index in [2.05, 4.69) is 20.0 Å². The van der Waals surface area contributed by atoms with Crippen LogP contribution < -0.4 is 11.3 Å². The van der Waals surface area contributed by atoms with Gasteiger partial charge in [0.25, 0.3) is 5.56 Å². The Labute approximate surface area is 180 Å². The van der Waals surface area contributed by atoms with Gasteiger partial charge in [0.05, 0.1) is 26.6 Å². The molecule has 3 heterocycles. The van der Waals surface area contributed by atoms with E-state index in [1.165, 1.54) is 10.9 Å². The van der Waals surface area contributed by atoms with Gasteiger partial charge in [0.15, 0.2) is 11.4 Å². The van der Waals surface area contributed by atoms with Crippen LogP contribution in [0, 0.1) is 0 Å². The van der Waals surface area contributed by atoms with E-state index < -0.39 is 5.54 Å². The van der Waals surface area contributed by atoms with Gasteiger partial charge in [0.1, 0.15) is 12.2 Å². The van der Waals surface area contributed by atoms with Crippen LogP contribution in [0.3, 0.4) is 0 Å². The molecule has 1 aromatic heterocycles. The maximum atomic E-state index is 13.5. The number of fused-ring (bicyclic) bond motifs is 2. The molecule has 0 bridgehead atoms. The van der Waals surface area contributed by atoms with Gasteiger partial charge in [-0.3, -0.25) is 14.4 Å². The molecule has 0 radical (unpaired) electrons. The van der Waals surface area contributed by atoms with Crippen molar-refractivity contribution in [2.24, 2.45) is 25.7 Å². The predicted octanol–water partition coefficient (Wildman–Crippen LogP) is 2.81. The molecule has 2 N–H and O–H groups in total. The molecule has 0 fully saturated rings. The summed E-state index contributed by atoms with van der Waals surface area (Å²) in [5.41, 5.74) is 5.30. The molecule has 2 aromatic carbocycles. The third-order valence-corrected chi connectivity index (χ3v) is 5.55.